The van der Waals surface area contributed by atoms with Gasteiger partial charge in [0.05, 0.1) is 5.92 Å². The van der Waals surface area contributed by atoms with Gasteiger partial charge in [-0.25, -0.2) is 4.79 Å². The van der Waals surface area contributed by atoms with Gasteiger partial charge in [0, 0.05) is 39.3 Å². The summed E-state index contributed by atoms with van der Waals surface area (Å²) in [7, 11) is 2.07. The van der Waals surface area contributed by atoms with Gasteiger partial charge in [-0.2, -0.15) is 0 Å². The van der Waals surface area contributed by atoms with E-state index in [0.717, 1.165) is 32.6 Å². The number of piperazine rings is 1. The molecule has 6 nitrogen and oxygen atoms in total. The van der Waals surface area contributed by atoms with Crippen molar-refractivity contribution in [1.82, 2.24) is 14.7 Å². The summed E-state index contributed by atoms with van der Waals surface area (Å²) in [5.74, 6) is 0.120. The molecule has 120 valence electrons. The van der Waals surface area contributed by atoms with Crippen LogP contribution >= 0.6 is 0 Å². The molecule has 21 heavy (non-hydrogen) atoms. The van der Waals surface area contributed by atoms with Crippen LogP contribution in [0.5, 0.6) is 0 Å². The van der Waals surface area contributed by atoms with Crippen molar-refractivity contribution in [1.29, 1.82) is 0 Å². The van der Waals surface area contributed by atoms with Crippen molar-refractivity contribution >= 4 is 12.0 Å². The van der Waals surface area contributed by atoms with Gasteiger partial charge in [0.25, 0.3) is 0 Å². The molecule has 0 aliphatic carbocycles. The van der Waals surface area contributed by atoms with Crippen molar-refractivity contribution < 1.29 is 14.3 Å². The molecule has 2 aliphatic rings. The van der Waals surface area contributed by atoms with E-state index in [-0.39, 0.29) is 17.9 Å². The number of nitrogens with zero attached hydrogens (tertiary/aromatic N) is 3. The molecule has 2 fully saturated rings. The first kappa shape index (κ1) is 16.1. The molecule has 2 aliphatic heterocycles. The monoisotopic (exact) mass is 297 g/mol. The molecule has 0 unspecified atom stereocenters. The van der Waals surface area contributed by atoms with E-state index in [1.807, 2.05) is 25.7 Å². The first-order valence-corrected chi connectivity index (χ1v) is 7.71. The first-order valence-electron chi connectivity index (χ1n) is 7.71. The number of rotatable bonds is 1. The molecule has 2 rings (SSSR count). The predicted molar refractivity (Wildman–Crippen MR) is 80.0 cm³/mol. The smallest absolute Gasteiger partial charge is 0.410 e. The second-order valence-corrected chi connectivity index (χ2v) is 7.04. The zero-order chi connectivity index (χ0) is 15.6. The van der Waals surface area contributed by atoms with Gasteiger partial charge in [-0.1, -0.05) is 0 Å². The molecule has 0 saturated carbocycles. The highest BCUT2D eigenvalue weighted by atomic mass is 16.6. The minimum absolute atomic E-state index is 0.0686. The fourth-order valence-corrected chi connectivity index (χ4v) is 2.74. The molecule has 0 bridgehead atoms. The number of likely N-dealkylation sites (tertiary alicyclic amines) is 1. The van der Waals surface area contributed by atoms with Crippen LogP contribution in [0, 0.1) is 5.92 Å². The molecule has 6 heteroatoms. The summed E-state index contributed by atoms with van der Waals surface area (Å²) in [4.78, 5) is 30.3. The van der Waals surface area contributed by atoms with E-state index in [2.05, 4.69) is 11.9 Å². The van der Waals surface area contributed by atoms with E-state index in [1.165, 1.54) is 0 Å². The zero-order valence-electron chi connectivity index (χ0n) is 13.6. The third-order valence-electron chi connectivity index (χ3n) is 4.00. The molecule has 0 aromatic heterocycles. The van der Waals surface area contributed by atoms with Crippen molar-refractivity contribution in [3.8, 4) is 0 Å². The van der Waals surface area contributed by atoms with Crippen LogP contribution in [-0.4, -0.2) is 78.6 Å². The topological polar surface area (TPSA) is 53.1 Å². The third kappa shape index (κ3) is 4.33. The molecule has 2 saturated heterocycles. The van der Waals surface area contributed by atoms with Crippen molar-refractivity contribution in [2.45, 2.75) is 32.8 Å². The maximum absolute atomic E-state index is 12.5. The van der Waals surface area contributed by atoms with Crippen molar-refractivity contribution in [3.63, 3.8) is 0 Å². The standard InChI is InChI=1S/C15H27N3O3/c1-15(2,3)21-14(20)18-6-5-12(11-18)13(19)17-9-7-16(4)8-10-17/h12H,5-11H2,1-4H3/t12-/m1/s1. The minimum Gasteiger partial charge on any atom is -0.444 e. The van der Waals surface area contributed by atoms with Crippen LogP contribution in [0.1, 0.15) is 27.2 Å². The van der Waals surface area contributed by atoms with Gasteiger partial charge in [-0.15, -0.1) is 0 Å². The molecule has 0 N–H and O–H groups in total. The predicted octanol–water partition coefficient (Wildman–Crippen LogP) is 1.02. The van der Waals surface area contributed by atoms with E-state index in [9.17, 15) is 9.59 Å². The van der Waals surface area contributed by atoms with E-state index in [0.29, 0.717) is 13.1 Å². The lowest BCUT2D eigenvalue weighted by atomic mass is 10.1. The Balaban J connectivity index is 1.84. The molecule has 0 aromatic rings. The highest BCUT2D eigenvalue weighted by Crippen LogP contribution is 2.21. The van der Waals surface area contributed by atoms with Gasteiger partial charge in [-0.3, -0.25) is 4.79 Å². The van der Waals surface area contributed by atoms with Crippen LogP contribution < -0.4 is 0 Å². The highest BCUT2D eigenvalue weighted by Gasteiger charge is 2.35. The summed E-state index contributed by atoms with van der Waals surface area (Å²) < 4.78 is 5.36. The van der Waals surface area contributed by atoms with Gasteiger partial charge in [0.2, 0.25) is 5.91 Å². The largest absolute Gasteiger partial charge is 0.444 e. The maximum Gasteiger partial charge on any atom is 0.410 e. The quantitative estimate of drug-likeness (QED) is 0.725. The normalized spacial score (nSPS) is 24.3. The number of hydrogen-bond donors (Lipinski definition) is 0. The Morgan fingerprint density at radius 3 is 2.19 bits per heavy atom. The molecule has 1 atom stereocenters. The Morgan fingerprint density at radius 2 is 1.62 bits per heavy atom. The van der Waals surface area contributed by atoms with Gasteiger partial charge in [-0.05, 0) is 34.2 Å². The molecule has 0 radical (unpaired) electrons. The Labute approximate surface area is 127 Å². The minimum atomic E-state index is -0.489. The van der Waals surface area contributed by atoms with Crippen molar-refractivity contribution in [2.24, 2.45) is 5.92 Å². The summed E-state index contributed by atoms with van der Waals surface area (Å²) in [6, 6.07) is 0. The van der Waals surface area contributed by atoms with Crippen LogP contribution in [0.2, 0.25) is 0 Å². The Hall–Kier alpha value is -1.30. The van der Waals surface area contributed by atoms with Crippen molar-refractivity contribution in [2.75, 3.05) is 46.3 Å². The van der Waals surface area contributed by atoms with E-state index in [1.54, 1.807) is 4.90 Å². The van der Waals surface area contributed by atoms with Crippen LogP contribution in [-0.2, 0) is 9.53 Å². The molecule has 0 spiro atoms. The fourth-order valence-electron chi connectivity index (χ4n) is 2.74. The zero-order valence-corrected chi connectivity index (χ0v) is 13.6. The number of carbonyl (C=O) groups excluding carboxylic acids is 2. The van der Waals surface area contributed by atoms with Crippen LogP contribution in [0.4, 0.5) is 4.79 Å². The SMILES string of the molecule is CN1CCN(C(=O)[C@@H]2CCN(C(=O)OC(C)(C)C)C2)CC1. The Bertz CT molecular complexity index is 397. The fraction of sp³-hybridized carbons (Fsp3) is 0.867. The average Bonchev–Trinajstić information content (AvgIpc) is 2.86. The van der Waals surface area contributed by atoms with E-state index < -0.39 is 5.60 Å². The molecular weight excluding hydrogens is 270 g/mol. The molecule has 0 aromatic carbocycles. The van der Waals surface area contributed by atoms with Gasteiger partial charge in [0.1, 0.15) is 5.60 Å². The third-order valence-corrected chi connectivity index (χ3v) is 4.00. The second-order valence-electron chi connectivity index (χ2n) is 7.04. The number of amides is 2. The Morgan fingerprint density at radius 1 is 1.00 bits per heavy atom. The molecule has 2 amide bonds. The first-order chi connectivity index (χ1) is 9.76. The van der Waals surface area contributed by atoms with E-state index in [4.69, 9.17) is 4.74 Å². The van der Waals surface area contributed by atoms with Crippen LogP contribution in [0.3, 0.4) is 0 Å². The lowest BCUT2D eigenvalue weighted by molar-refractivity contribution is -0.136. The van der Waals surface area contributed by atoms with Crippen LogP contribution in [0.15, 0.2) is 0 Å². The number of likely N-dealkylation sites (N-methyl/N-ethyl adjacent to an activating group) is 1. The lowest BCUT2D eigenvalue weighted by Crippen LogP contribution is -2.49. The van der Waals surface area contributed by atoms with Crippen molar-refractivity contribution in [3.05, 3.63) is 0 Å². The van der Waals surface area contributed by atoms with Gasteiger partial charge >= 0.3 is 6.09 Å². The van der Waals surface area contributed by atoms with E-state index >= 15 is 0 Å². The molecular formula is C15H27N3O3. The average molecular weight is 297 g/mol. The summed E-state index contributed by atoms with van der Waals surface area (Å²) in [5.41, 5.74) is -0.489. The highest BCUT2D eigenvalue weighted by molar-refractivity contribution is 5.81. The lowest BCUT2D eigenvalue weighted by Gasteiger charge is -2.34. The summed E-state index contributed by atoms with van der Waals surface area (Å²) in [6.07, 6.45) is 0.431. The van der Waals surface area contributed by atoms with Gasteiger partial charge < -0.3 is 19.4 Å². The summed E-state index contributed by atoms with van der Waals surface area (Å²) in [6.45, 7) is 10.1. The molecule has 2 heterocycles. The van der Waals surface area contributed by atoms with Crippen LogP contribution in [0.25, 0.3) is 0 Å². The number of ether oxygens (including phenoxy) is 1. The number of hydrogen-bond acceptors (Lipinski definition) is 4. The summed E-state index contributed by atoms with van der Waals surface area (Å²) in [5, 5.41) is 0. The summed E-state index contributed by atoms with van der Waals surface area (Å²) >= 11 is 0. The van der Waals surface area contributed by atoms with Gasteiger partial charge in [0.15, 0.2) is 0 Å². The Kier molecular flexibility index (Phi) is 4.76. The maximum atomic E-state index is 12.5. The second kappa shape index (κ2) is 6.22. The number of carbonyl (C=O) groups is 2.